The molecule has 0 aromatic heterocycles. The summed E-state index contributed by atoms with van der Waals surface area (Å²) in [6, 6.07) is 0. The minimum Gasteiger partial charge on any atom is -0.462 e. The van der Waals surface area contributed by atoms with Crippen molar-refractivity contribution in [3.05, 3.63) is 72.9 Å². The van der Waals surface area contributed by atoms with Gasteiger partial charge in [-0.05, 0) is 89.9 Å². The van der Waals surface area contributed by atoms with E-state index in [4.69, 9.17) is 14.2 Å². The predicted octanol–water partition coefficient (Wildman–Crippen LogP) is 23.3. The summed E-state index contributed by atoms with van der Waals surface area (Å²) in [5, 5.41) is 0. The molecular formula is C72H128O6. The van der Waals surface area contributed by atoms with E-state index in [-0.39, 0.29) is 31.1 Å². The number of allylic oxidation sites excluding steroid dienone is 12. The second-order valence-corrected chi connectivity index (χ2v) is 22.7. The summed E-state index contributed by atoms with van der Waals surface area (Å²) in [6.07, 6.45) is 86.3. The number of unbranched alkanes of at least 4 members (excludes halogenated alkanes) is 39. The molecule has 0 aliphatic carbocycles. The third kappa shape index (κ3) is 63.7. The number of esters is 3. The third-order valence-corrected chi connectivity index (χ3v) is 14.9. The molecule has 0 aliphatic rings. The van der Waals surface area contributed by atoms with Gasteiger partial charge in [0, 0.05) is 19.3 Å². The van der Waals surface area contributed by atoms with Crippen LogP contribution in [0.3, 0.4) is 0 Å². The maximum Gasteiger partial charge on any atom is 0.306 e. The van der Waals surface area contributed by atoms with Crippen LogP contribution in [-0.4, -0.2) is 37.2 Å². The first-order chi connectivity index (χ1) is 38.5. The summed E-state index contributed by atoms with van der Waals surface area (Å²) >= 11 is 0. The van der Waals surface area contributed by atoms with Gasteiger partial charge in [-0.15, -0.1) is 0 Å². The Morgan fingerprint density at radius 3 is 0.795 bits per heavy atom. The van der Waals surface area contributed by atoms with Crippen molar-refractivity contribution < 1.29 is 28.6 Å². The molecule has 78 heavy (non-hydrogen) atoms. The van der Waals surface area contributed by atoms with E-state index >= 15 is 0 Å². The van der Waals surface area contributed by atoms with Crippen molar-refractivity contribution in [3.8, 4) is 0 Å². The van der Waals surface area contributed by atoms with Crippen LogP contribution in [0.4, 0.5) is 0 Å². The fourth-order valence-electron chi connectivity index (χ4n) is 9.88. The first-order valence-electron chi connectivity index (χ1n) is 33.9. The monoisotopic (exact) mass is 1090 g/mol. The highest BCUT2D eigenvalue weighted by Gasteiger charge is 2.19. The van der Waals surface area contributed by atoms with Crippen molar-refractivity contribution in [2.75, 3.05) is 13.2 Å². The zero-order valence-electron chi connectivity index (χ0n) is 51.9. The van der Waals surface area contributed by atoms with E-state index < -0.39 is 6.10 Å². The lowest BCUT2D eigenvalue weighted by molar-refractivity contribution is -0.167. The maximum atomic E-state index is 12.9. The quantitative estimate of drug-likeness (QED) is 0.0261. The summed E-state index contributed by atoms with van der Waals surface area (Å²) < 4.78 is 17.0. The molecule has 0 rings (SSSR count). The van der Waals surface area contributed by atoms with Crippen molar-refractivity contribution in [3.63, 3.8) is 0 Å². The molecule has 0 saturated heterocycles. The Morgan fingerprint density at radius 2 is 0.500 bits per heavy atom. The van der Waals surface area contributed by atoms with Crippen LogP contribution >= 0.6 is 0 Å². The normalized spacial score (nSPS) is 12.5. The second-order valence-electron chi connectivity index (χ2n) is 22.7. The maximum absolute atomic E-state index is 12.9. The predicted molar refractivity (Wildman–Crippen MR) is 339 cm³/mol. The van der Waals surface area contributed by atoms with E-state index in [0.29, 0.717) is 19.3 Å². The molecule has 452 valence electrons. The van der Waals surface area contributed by atoms with Crippen molar-refractivity contribution in [2.45, 2.75) is 354 Å². The summed E-state index contributed by atoms with van der Waals surface area (Å²) in [7, 11) is 0. The molecule has 0 aliphatic heterocycles. The number of ether oxygens (including phenoxy) is 3. The van der Waals surface area contributed by atoms with Gasteiger partial charge in [-0.3, -0.25) is 14.4 Å². The minimum absolute atomic E-state index is 0.0828. The van der Waals surface area contributed by atoms with Crippen LogP contribution in [0.15, 0.2) is 72.9 Å². The highest BCUT2D eigenvalue weighted by molar-refractivity contribution is 5.71. The average molecular weight is 1090 g/mol. The number of carbonyl (C=O) groups is 3. The molecule has 0 heterocycles. The molecule has 1 atom stereocenters. The number of rotatable bonds is 62. The lowest BCUT2D eigenvalue weighted by Gasteiger charge is -2.18. The average Bonchev–Trinajstić information content (AvgIpc) is 3.44. The Labute approximate surface area is 484 Å². The summed E-state index contributed by atoms with van der Waals surface area (Å²) in [6.45, 7) is 6.56. The summed E-state index contributed by atoms with van der Waals surface area (Å²) in [4.78, 5) is 38.4. The van der Waals surface area contributed by atoms with E-state index in [1.807, 2.05) is 0 Å². The van der Waals surface area contributed by atoms with Crippen molar-refractivity contribution in [1.82, 2.24) is 0 Å². The molecule has 6 nitrogen and oxygen atoms in total. The first-order valence-corrected chi connectivity index (χ1v) is 33.9. The smallest absolute Gasteiger partial charge is 0.306 e. The van der Waals surface area contributed by atoms with Gasteiger partial charge < -0.3 is 14.2 Å². The van der Waals surface area contributed by atoms with Gasteiger partial charge in [-0.25, -0.2) is 0 Å². The van der Waals surface area contributed by atoms with Crippen LogP contribution in [0.5, 0.6) is 0 Å². The highest BCUT2D eigenvalue weighted by Crippen LogP contribution is 2.17. The van der Waals surface area contributed by atoms with Crippen LogP contribution in [0.2, 0.25) is 0 Å². The molecule has 0 spiro atoms. The van der Waals surface area contributed by atoms with Gasteiger partial charge >= 0.3 is 17.9 Å². The minimum atomic E-state index is -0.790. The van der Waals surface area contributed by atoms with Gasteiger partial charge in [0.25, 0.3) is 0 Å². The van der Waals surface area contributed by atoms with E-state index in [0.717, 1.165) is 116 Å². The highest BCUT2D eigenvalue weighted by atomic mass is 16.6. The zero-order chi connectivity index (χ0) is 56.4. The molecule has 0 saturated carbocycles. The second kappa shape index (κ2) is 66.4. The summed E-state index contributed by atoms with van der Waals surface area (Å²) in [5.74, 6) is -0.891. The lowest BCUT2D eigenvalue weighted by atomic mass is 10.0. The van der Waals surface area contributed by atoms with Crippen molar-refractivity contribution >= 4 is 17.9 Å². The van der Waals surface area contributed by atoms with Crippen LogP contribution in [0, 0.1) is 0 Å². The molecule has 1 unspecified atom stereocenters. The molecule has 6 heteroatoms. The van der Waals surface area contributed by atoms with E-state index in [2.05, 4.69) is 93.7 Å². The molecule has 0 radical (unpaired) electrons. The molecule has 0 N–H and O–H groups in total. The Morgan fingerprint density at radius 1 is 0.269 bits per heavy atom. The topological polar surface area (TPSA) is 78.9 Å². The Balaban J connectivity index is 4.36. The van der Waals surface area contributed by atoms with E-state index in [1.54, 1.807) is 0 Å². The van der Waals surface area contributed by atoms with Gasteiger partial charge in [0.2, 0.25) is 0 Å². The Kier molecular flexibility index (Phi) is 63.7. The lowest BCUT2D eigenvalue weighted by Crippen LogP contribution is -2.30. The zero-order valence-corrected chi connectivity index (χ0v) is 51.9. The fourth-order valence-corrected chi connectivity index (χ4v) is 9.88. The number of hydrogen-bond donors (Lipinski definition) is 0. The van der Waals surface area contributed by atoms with Gasteiger partial charge in [-0.1, -0.05) is 312 Å². The van der Waals surface area contributed by atoms with E-state index in [9.17, 15) is 14.4 Å². The van der Waals surface area contributed by atoms with Gasteiger partial charge in [0.1, 0.15) is 13.2 Å². The number of carbonyl (C=O) groups excluding carboxylic acids is 3. The summed E-state index contributed by atoms with van der Waals surface area (Å²) in [5.41, 5.74) is 0. The molecule has 0 aromatic rings. The molecular weight excluding hydrogens is 961 g/mol. The molecule has 0 amide bonds. The van der Waals surface area contributed by atoms with Gasteiger partial charge in [0.05, 0.1) is 0 Å². The van der Waals surface area contributed by atoms with Crippen LogP contribution in [0.1, 0.15) is 348 Å². The van der Waals surface area contributed by atoms with Crippen LogP contribution < -0.4 is 0 Å². The Bertz CT molecular complexity index is 1440. The SMILES string of the molecule is CC/C=C\C/C=C\C/C=C\C/C=C\C/C=C\CCCCCCCC(=O)OC(COC(=O)CCCCCCC/C=C\CCCCCCCCC)COC(=O)CCCCCCCCCCCCCCCCCCCCCCCCC. The molecule has 0 bridgehead atoms. The van der Waals surface area contributed by atoms with Gasteiger partial charge in [-0.2, -0.15) is 0 Å². The van der Waals surface area contributed by atoms with Crippen molar-refractivity contribution in [1.29, 1.82) is 0 Å². The van der Waals surface area contributed by atoms with E-state index in [1.165, 1.54) is 193 Å². The standard InChI is InChI=1S/C72H128O6/c1-4-7-10-13-16-19-22-25-28-31-33-35-36-38-39-41-44-47-50-53-56-59-62-65-71(74)77-68-69(67-76-70(73)64-61-58-55-52-49-46-43-30-27-24-21-18-15-12-9-6-3)78-72(75)66-63-60-57-54-51-48-45-42-40-37-34-32-29-26-23-20-17-14-11-8-5-2/h8,11,17,20,26,29-30,34,37,42-43,45,69H,4-7,9-10,12-16,18-19,21-25,27-28,31-33,35-36,38-41,44,46-68H2,1-3H3/b11-8-,20-17-,29-26-,37-34-,43-30-,45-42-. The Hall–Kier alpha value is -3.15. The van der Waals surface area contributed by atoms with Crippen molar-refractivity contribution in [2.24, 2.45) is 0 Å². The molecule has 0 fully saturated rings. The third-order valence-electron chi connectivity index (χ3n) is 14.9. The fraction of sp³-hybridized carbons (Fsp3) is 0.792. The number of hydrogen-bond acceptors (Lipinski definition) is 6. The van der Waals surface area contributed by atoms with Crippen LogP contribution in [0.25, 0.3) is 0 Å². The largest absolute Gasteiger partial charge is 0.462 e. The molecule has 0 aromatic carbocycles. The van der Waals surface area contributed by atoms with Gasteiger partial charge in [0.15, 0.2) is 6.10 Å². The van der Waals surface area contributed by atoms with Crippen LogP contribution in [-0.2, 0) is 28.6 Å². The first kappa shape index (κ1) is 74.8.